The number of aromatic nitrogens is 10. The smallest absolute Gasteiger partial charge is 0.115 e. The zero-order valence-corrected chi connectivity index (χ0v) is 26.0. The van der Waals surface area contributed by atoms with Crippen molar-refractivity contribution in [3.63, 3.8) is 0 Å². The summed E-state index contributed by atoms with van der Waals surface area (Å²) in [5.41, 5.74) is 11.6. The Hall–Kier alpha value is -6.94. The van der Waals surface area contributed by atoms with E-state index in [1.54, 1.807) is 12.4 Å². The molecule has 0 amide bonds. The molecule has 1 atom stereocenters. The maximum absolute atomic E-state index is 4.77. The lowest BCUT2D eigenvalue weighted by atomic mass is 9.86. The van der Waals surface area contributed by atoms with E-state index in [-0.39, 0.29) is 5.92 Å². The maximum atomic E-state index is 4.77. The molecular formula is C39H26N10. The minimum atomic E-state index is -0.200. The quantitative estimate of drug-likeness (QED) is 0.181. The van der Waals surface area contributed by atoms with Crippen LogP contribution < -0.4 is 0 Å². The zero-order valence-electron chi connectivity index (χ0n) is 26.0. The number of rotatable bonds is 7. The second-order valence-corrected chi connectivity index (χ2v) is 11.2. The molecule has 10 nitrogen and oxygen atoms in total. The van der Waals surface area contributed by atoms with Crippen molar-refractivity contribution in [2.75, 3.05) is 0 Å². The fraction of sp³-hybridized carbons (Fsp3) is 0.0256. The summed E-state index contributed by atoms with van der Waals surface area (Å²) in [7, 11) is 0. The second-order valence-electron chi connectivity index (χ2n) is 11.2. The van der Waals surface area contributed by atoms with Gasteiger partial charge in [0.15, 0.2) is 0 Å². The fourth-order valence-electron chi connectivity index (χ4n) is 6.00. The van der Waals surface area contributed by atoms with Gasteiger partial charge in [0.1, 0.15) is 25.3 Å². The summed E-state index contributed by atoms with van der Waals surface area (Å²) in [4.78, 5) is 44.5. The van der Waals surface area contributed by atoms with E-state index >= 15 is 0 Å². The molecular weight excluding hydrogens is 608 g/mol. The highest BCUT2D eigenvalue weighted by Crippen LogP contribution is 2.44. The van der Waals surface area contributed by atoms with Gasteiger partial charge in [0.2, 0.25) is 0 Å². The van der Waals surface area contributed by atoms with Crippen molar-refractivity contribution >= 4 is 16.7 Å². The SMILES string of the molecule is C1=C(c2cc(-c3cncnc3)c(-c3ccccn3)c(-c3cncnc3)c2)C=C(c2cncnc2)C(c2ccccn2)=CC1c1cncnc1. The first-order chi connectivity index (χ1) is 24.3. The first-order valence-electron chi connectivity index (χ1n) is 15.5. The number of benzene rings is 1. The summed E-state index contributed by atoms with van der Waals surface area (Å²) in [5, 5.41) is 0. The predicted octanol–water partition coefficient (Wildman–Crippen LogP) is 6.99. The molecule has 0 N–H and O–H groups in total. The molecule has 1 unspecified atom stereocenters. The second kappa shape index (κ2) is 13.4. The zero-order chi connectivity index (χ0) is 32.8. The Kier molecular flexibility index (Phi) is 8.07. The monoisotopic (exact) mass is 634 g/mol. The lowest BCUT2D eigenvalue weighted by Gasteiger charge is -2.18. The summed E-state index contributed by atoms with van der Waals surface area (Å²) in [5.74, 6) is -0.200. The van der Waals surface area contributed by atoms with Gasteiger partial charge in [-0.2, -0.15) is 0 Å². The molecule has 7 aromatic rings. The number of allylic oxidation sites excluding steroid dienone is 6. The van der Waals surface area contributed by atoms with Crippen LogP contribution in [0.3, 0.4) is 0 Å². The fourth-order valence-corrected chi connectivity index (χ4v) is 6.00. The van der Waals surface area contributed by atoms with Gasteiger partial charge in [-0.25, -0.2) is 39.9 Å². The van der Waals surface area contributed by atoms with E-state index in [0.29, 0.717) is 0 Å². The van der Waals surface area contributed by atoms with Crippen LogP contribution in [0.2, 0.25) is 0 Å². The third-order valence-electron chi connectivity index (χ3n) is 8.21. The highest BCUT2D eigenvalue weighted by molar-refractivity contribution is 6.09. The Labute approximate surface area is 281 Å². The molecule has 0 aliphatic heterocycles. The van der Waals surface area contributed by atoms with Crippen molar-refractivity contribution < 1.29 is 0 Å². The normalized spacial score (nSPS) is 14.3. The van der Waals surface area contributed by atoms with Crippen LogP contribution in [-0.2, 0) is 0 Å². The molecule has 1 aliphatic carbocycles. The molecule has 6 heterocycles. The third-order valence-corrected chi connectivity index (χ3v) is 8.21. The van der Waals surface area contributed by atoms with E-state index in [0.717, 1.165) is 72.6 Å². The van der Waals surface area contributed by atoms with Crippen molar-refractivity contribution in [2.24, 2.45) is 0 Å². The van der Waals surface area contributed by atoms with Crippen molar-refractivity contribution in [1.29, 1.82) is 0 Å². The molecule has 0 saturated carbocycles. The summed E-state index contributed by atoms with van der Waals surface area (Å²) in [6.45, 7) is 0. The van der Waals surface area contributed by atoms with E-state index in [9.17, 15) is 0 Å². The Morgan fingerprint density at radius 1 is 0.449 bits per heavy atom. The molecule has 0 fully saturated rings. The Morgan fingerprint density at radius 2 is 0.959 bits per heavy atom. The molecule has 232 valence electrons. The van der Waals surface area contributed by atoms with Gasteiger partial charge in [-0.15, -0.1) is 0 Å². The molecule has 0 spiro atoms. The van der Waals surface area contributed by atoms with E-state index < -0.39 is 0 Å². The maximum Gasteiger partial charge on any atom is 0.115 e. The van der Waals surface area contributed by atoms with Crippen LogP contribution in [0, 0.1) is 0 Å². The van der Waals surface area contributed by atoms with Crippen LogP contribution in [0.4, 0.5) is 0 Å². The van der Waals surface area contributed by atoms with Gasteiger partial charge in [0, 0.05) is 95.7 Å². The molecule has 8 rings (SSSR count). The van der Waals surface area contributed by atoms with Gasteiger partial charge >= 0.3 is 0 Å². The van der Waals surface area contributed by atoms with Crippen molar-refractivity contribution in [1.82, 2.24) is 49.8 Å². The standard InChI is InChI=1S/C39H26N10/c1-3-7-48-37(5-1)36-13-27(29-14-40-22-41-15-29)9-26(10-33(36)30-16-42-23-43-17-30)28-11-34(31-18-44-24-45-19-31)39(38-6-2-4-8-49-38)35(12-28)32-20-46-25-47-21-32/h1-25,27H. The van der Waals surface area contributed by atoms with Gasteiger partial charge in [-0.3, -0.25) is 9.97 Å². The molecule has 0 bridgehead atoms. The van der Waals surface area contributed by atoms with Gasteiger partial charge in [-0.1, -0.05) is 24.3 Å². The van der Waals surface area contributed by atoms with Crippen molar-refractivity contribution in [3.05, 3.63) is 176 Å². The van der Waals surface area contributed by atoms with Crippen LogP contribution in [-0.4, -0.2) is 49.8 Å². The Morgan fingerprint density at radius 3 is 1.49 bits per heavy atom. The molecule has 1 aliphatic rings. The van der Waals surface area contributed by atoms with Gasteiger partial charge in [-0.05, 0) is 75.9 Å². The van der Waals surface area contributed by atoms with Crippen molar-refractivity contribution in [2.45, 2.75) is 5.92 Å². The van der Waals surface area contributed by atoms with E-state index in [1.165, 1.54) is 25.3 Å². The lowest BCUT2D eigenvalue weighted by molar-refractivity contribution is 1.01. The predicted molar refractivity (Wildman–Crippen MR) is 187 cm³/mol. The van der Waals surface area contributed by atoms with Crippen LogP contribution >= 0.6 is 0 Å². The Balaban J connectivity index is 1.44. The van der Waals surface area contributed by atoms with Crippen molar-refractivity contribution in [3.8, 4) is 33.5 Å². The number of hydrogen-bond acceptors (Lipinski definition) is 10. The van der Waals surface area contributed by atoms with Gasteiger partial charge < -0.3 is 0 Å². The molecule has 49 heavy (non-hydrogen) atoms. The third kappa shape index (κ3) is 6.13. The first kappa shape index (κ1) is 29.5. The molecule has 0 saturated heterocycles. The number of hydrogen-bond donors (Lipinski definition) is 0. The molecule has 0 radical (unpaired) electrons. The van der Waals surface area contributed by atoms with Crippen LogP contribution in [0.5, 0.6) is 0 Å². The minimum Gasteiger partial charge on any atom is -0.256 e. The average Bonchev–Trinajstić information content (AvgIpc) is 3.40. The van der Waals surface area contributed by atoms with Gasteiger partial charge in [0.25, 0.3) is 0 Å². The largest absolute Gasteiger partial charge is 0.256 e. The topological polar surface area (TPSA) is 129 Å². The van der Waals surface area contributed by atoms with E-state index in [2.05, 4.69) is 70.2 Å². The van der Waals surface area contributed by atoms with Crippen LogP contribution in [0.15, 0.2) is 154 Å². The summed E-state index contributed by atoms with van der Waals surface area (Å²) in [6.07, 6.45) is 30.9. The first-order valence-corrected chi connectivity index (χ1v) is 15.5. The number of nitrogens with zero attached hydrogens (tertiary/aromatic N) is 10. The van der Waals surface area contributed by atoms with E-state index in [1.807, 2.05) is 86.0 Å². The number of pyridine rings is 2. The average molecular weight is 635 g/mol. The summed E-state index contributed by atoms with van der Waals surface area (Å²) in [6, 6.07) is 16.1. The van der Waals surface area contributed by atoms with Gasteiger partial charge in [0.05, 0.1) is 11.4 Å². The summed E-state index contributed by atoms with van der Waals surface area (Å²) < 4.78 is 0. The summed E-state index contributed by atoms with van der Waals surface area (Å²) >= 11 is 0. The van der Waals surface area contributed by atoms with E-state index in [4.69, 9.17) is 9.97 Å². The highest BCUT2D eigenvalue weighted by Gasteiger charge is 2.24. The van der Waals surface area contributed by atoms with Crippen LogP contribution in [0.1, 0.15) is 28.3 Å². The minimum absolute atomic E-state index is 0.200. The molecule has 10 heteroatoms. The lowest BCUT2D eigenvalue weighted by Crippen LogP contribution is -1.98. The Bertz CT molecular complexity index is 2240. The van der Waals surface area contributed by atoms with Crippen LogP contribution in [0.25, 0.3) is 50.2 Å². The molecule has 1 aromatic carbocycles. The highest BCUT2D eigenvalue weighted by atomic mass is 14.8. The molecule has 6 aromatic heterocycles.